The summed E-state index contributed by atoms with van der Waals surface area (Å²) in [6.07, 6.45) is 11.0. The number of nitrogens with one attached hydrogen (secondary N) is 4. The van der Waals surface area contributed by atoms with Gasteiger partial charge in [0.05, 0.1) is 0 Å². The van der Waals surface area contributed by atoms with Crippen LogP contribution in [-0.2, 0) is 35.3 Å². The van der Waals surface area contributed by atoms with Crippen molar-refractivity contribution < 1.29 is 19.8 Å². The Morgan fingerprint density at radius 3 is 1.43 bits per heavy atom. The molecule has 0 spiro atoms. The van der Waals surface area contributed by atoms with Crippen LogP contribution in [-0.4, -0.2) is 42.1 Å². The number of hydrogen-bond donors (Lipinski definition) is 6. The van der Waals surface area contributed by atoms with Gasteiger partial charge in [-0.3, -0.25) is 9.59 Å². The van der Waals surface area contributed by atoms with Crippen LogP contribution in [0.25, 0.3) is 24.3 Å². The molecule has 0 amide bonds. The predicted octanol–water partition coefficient (Wildman–Crippen LogP) is 3.02. The van der Waals surface area contributed by atoms with E-state index in [1.165, 1.54) is 22.3 Å². The molecule has 0 radical (unpaired) electrons. The highest BCUT2D eigenvalue weighted by molar-refractivity contribution is 5.70. The van der Waals surface area contributed by atoms with Crippen molar-refractivity contribution in [3.8, 4) is 0 Å². The summed E-state index contributed by atoms with van der Waals surface area (Å²) in [6.45, 7) is 12.7. The third kappa shape index (κ3) is 5.29. The summed E-state index contributed by atoms with van der Waals surface area (Å²) in [4.78, 5) is 37.6. The van der Waals surface area contributed by atoms with E-state index in [1.807, 2.05) is 19.9 Å². The lowest BCUT2D eigenvalue weighted by molar-refractivity contribution is -0.138. The number of rotatable bonds is 8. The number of fused-ring (bicyclic) bond motifs is 8. The van der Waals surface area contributed by atoms with Gasteiger partial charge in [-0.1, -0.05) is 13.8 Å². The SMILES string of the molecule is CCc1c2[nH]c(c1C)C=c1[nH]c(c(CCC(=O)O)c1C)=Cc1[nH]c(c(C)c1CCC(=O)O)C=c1[nH]c(c(CC)c1C)=C2. The maximum Gasteiger partial charge on any atom is 0.303 e. The Labute approximate surface area is 244 Å². The minimum absolute atomic E-state index is 0.0161. The van der Waals surface area contributed by atoms with E-state index >= 15 is 0 Å². The largest absolute Gasteiger partial charge is 0.481 e. The second-order valence-electron chi connectivity index (χ2n) is 11.3. The fourth-order valence-corrected chi connectivity index (χ4v) is 6.38. The fourth-order valence-electron chi connectivity index (χ4n) is 6.38. The molecule has 4 aromatic heterocycles. The molecule has 4 aromatic rings. The van der Waals surface area contributed by atoms with Gasteiger partial charge in [0.2, 0.25) is 0 Å². The molecule has 0 atom stereocenters. The Balaban J connectivity index is 1.91. The van der Waals surface area contributed by atoms with Gasteiger partial charge < -0.3 is 30.1 Å². The van der Waals surface area contributed by atoms with Gasteiger partial charge >= 0.3 is 11.9 Å². The summed E-state index contributed by atoms with van der Waals surface area (Å²) in [6, 6.07) is 0. The summed E-state index contributed by atoms with van der Waals surface area (Å²) < 4.78 is 0. The molecule has 6 N–H and O–H groups in total. The highest BCUT2D eigenvalue weighted by atomic mass is 16.4. The Morgan fingerprint density at radius 2 is 0.929 bits per heavy atom. The van der Waals surface area contributed by atoms with Crippen molar-refractivity contribution in [1.29, 1.82) is 0 Å². The standard InChI is InChI=1S/C34H40N4O4/c1-7-21-17(3)25-13-27-19(5)23(9-11-33(39)40)31(37-27)16-32-24(10-12-34(41)42)20(6)28(38-32)14-26-18(4)22(8-2)30(36-26)15-29(21)35-25/h13-16,35-38H,7-12H2,1-6H3,(H,39,40)(H,41,42). The summed E-state index contributed by atoms with van der Waals surface area (Å²) in [5.74, 6) is -1.69. The molecule has 8 nitrogen and oxygen atoms in total. The number of aliphatic carboxylic acids is 2. The molecule has 220 valence electrons. The third-order valence-electron chi connectivity index (χ3n) is 8.84. The highest BCUT2D eigenvalue weighted by Gasteiger charge is 2.17. The molecule has 1 aliphatic rings. The molecule has 8 bridgehead atoms. The topological polar surface area (TPSA) is 138 Å². The summed E-state index contributed by atoms with van der Waals surface area (Å²) in [5, 5.41) is 22.8. The first-order valence-electron chi connectivity index (χ1n) is 14.7. The number of aromatic amines is 4. The van der Waals surface area contributed by atoms with Crippen LogP contribution in [0.15, 0.2) is 0 Å². The first-order chi connectivity index (χ1) is 20.0. The molecule has 0 aliphatic carbocycles. The van der Waals surface area contributed by atoms with Crippen LogP contribution >= 0.6 is 0 Å². The second kappa shape index (κ2) is 11.4. The predicted molar refractivity (Wildman–Crippen MR) is 166 cm³/mol. The smallest absolute Gasteiger partial charge is 0.303 e. The van der Waals surface area contributed by atoms with Gasteiger partial charge in [-0.25, -0.2) is 0 Å². The molecular weight excluding hydrogens is 528 g/mol. The molecule has 0 fully saturated rings. The van der Waals surface area contributed by atoms with Crippen LogP contribution < -0.4 is 21.4 Å². The van der Waals surface area contributed by atoms with Gasteiger partial charge in [-0.2, -0.15) is 0 Å². The molecular formula is C34H40N4O4. The monoisotopic (exact) mass is 568 g/mol. The molecule has 5 heterocycles. The Bertz CT molecular complexity index is 1960. The van der Waals surface area contributed by atoms with Gasteiger partial charge in [0, 0.05) is 57.0 Å². The third-order valence-corrected chi connectivity index (χ3v) is 8.84. The molecule has 5 rings (SSSR count). The van der Waals surface area contributed by atoms with Gasteiger partial charge in [-0.05, 0) is 122 Å². The van der Waals surface area contributed by atoms with Gasteiger partial charge in [-0.15, -0.1) is 0 Å². The van der Waals surface area contributed by atoms with Crippen LogP contribution in [0.1, 0.15) is 94.0 Å². The minimum atomic E-state index is -0.847. The Morgan fingerprint density at radius 1 is 0.524 bits per heavy atom. The van der Waals surface area contributed by atoms with Crippen molar-refractivity contribution in [1.82, 2.24) is 19.9 Å². The molecule has 1 aliphatic heterocycles. The van der Waals surface area contributed by atoms with Crippen molar-refractivity contribution in [2.75, 3.05) is 0 Å². The van der Waals surface area contributed by atoms with Crippen LogP contribution in [0.4, 0.5) is 0 Å². The van der Waals surface area contributed by atoms with Crippen molar-refractivity contribution in [3.05, 3.63) is 88.7 Å². The average Bonchev–Trinajstić information content (AvgIpc) is 3.59. The van der Waals surface area contributed by atoms with E-state index in [9.17, 15) is 19.8 Å². The first-order valence-corrected chi connectivity index (χ1v) is 14.7. The number of carbonyl (C=O) groups is 2. The molecule has 0 aromatic carbocycles. The number of hydrogen-bond acceptors (Lipinski definition) is 2. The van der Waals surface area contributed by atoms with Crippen molar-refractivity contribution >= 4 is 36.2 Å². The number of carboxylic acids is 2. The van der Waals surface area contributed by atoms with Crippen molar-refractivity contribution in [2.45, 2.75) is 80.1 Å². The van der Waals surface area contributed by atoms with E-state index in [2.05, 4.69) is 65.9 Å². The number of aromatic nitrogens is 4. The zero-order chi connectivity index (χ0) is 30.3. The molecule has 0 saturated carbocycles. The fraction of sp³-hybridized carbons (Fsp3) is 0.353. The Kier molecular flexibility index (Phi) is 7.91. The van der Waals surface area contributed by atoms with Crippen LogP contribution in [0, 0.1) is 27.7 Å². The highest BCUT2D eigenvalue weighted by Crippen LogP contribution is 2.23. The lowest BCUT2D eigenvalue weighted by Crippen LogP contribution is -2.14. The summed E-state index contributed by atoms with van der Waals surface area (Å²) in [5.41, 5.74) is 12.6. The van der Waals surface area contributed by atoms with E-state index in [-0.39, 0.29) is 12.8 Å². The van der Waals surface area contributed by atoms with Gasteiger partial charge in [0.15, 0.2) is 0 Å². The van der Waals surface area contributed by atoms with E-state index in [0.717, 1.165) is 79.3 Å². The molecule has 42 heavy (non-hydrogen) atoms. The Hall–Kier alpha value is -4.46. The normalized spacial score (nSPS) is 12.3. The van der Waals surface area contributed by atoms with Gasteiger partial charge in [0.25, 0.3) is 0 Å². The second-order valence-corrected chi connectivity index (χ2v) is 11.3. The maximum atomic E-state index is 11.5. The quantitative estimate of drug-likeness (QED) is 0.171. The molecule has 0 saturated heterocycles. The first kappa shape index (κ1) is 29.0. The molecule has 0 unspecified atom stereocenters. The zero-order valence-corrected chi connectivity index (χ0v) is 25.3. The lowest BCUT2D eigenvalue weighted by atomic mass is 10.0. The number of H-pyrrole nitrogens is 4. The van der Waals surface area contributed by atoms with Gasteiger partial charge in [0.1, 0.15) is 0 Å². The van der Waals surface area contributed by atoms with E-state index in [0.29, 0.717) is 12.8 Å². The van der Waals surface area contributed by atoms with E-state index in [1.54, 1.807) is 0 Å². The van der Waals surface area contributed by atoms with E-state index < -0.39 is 11.9 Å². The average molecular weight is 569 g/mol. The molecule has 8 heteroatoms. The van der Waals surface area contributed by atoms with Crippen molar-refractivity contribution in [3.63, 3.8) is 0 Å². The summed E-state index contributed by atoms with van der Waals surface area (Å²) in [7, 11) is 0. The summed E-state index contributed by atoms with van der Waals surface area (Å²) >= 11 is 0. The van der Waals surface area contributed by atoms with Crippen LogP contribution in [0.2, 0.25) is 0 Å². The minimum Gasteiger partial charge on any atom is -0.481 e. The number of carboxylic acid groups (broad SMARTS) is 2. The maximum absolute atomic E-state index is 11.5. The van der Waals surface area contributed by atoms with Crippen LogP contribution in [0.3, 0.4) is 0 Å². The zero-order valence-electron chi connectivity index (χ0n) is 25.3. The lowest BCUT2D eigenvalue weighted by Gasteiger charge is -2.01. The van der Waals surface area contributed by atoms with E-state index in [4.69, 9.17) is 0 Å². The van der Waals surface area contributed by atoms with Crippen molar-refractivity contribution in [2.24, 2.45) is 0 Å². The van der Waals surface area contributed by atoms with Crippen LogP contribution in [0.5, 0.6) is 0 Å².